The van der Waals surface area contributed by atoms with E-state index in [1.165, 1.54) is 17.5 Å². The van der Waals surface area contributed by atoms with E-state index >= 15 is 0 Å². The fourth-order valence-corrected chi connectivity index (χ4v) is 2.26. The highest BCUT2D eigenvalue weighted by molar-refractivity contribution is 14.1. The first-order valence-electron chi connectivity index (χ1n) is 5.82. The number of hydrogen-bond donors (Lipinski definition) is 0. The molecule has 1 aromatic carbocycles. The third kappa shape index (κ3) is 2.98. The summed E-state index contributed by atoms with van der Waals surface area (Å²) in [5.41, 5.74) is 2.59. The van der Waals surface area contributed by atoms with Gasteiger partial charge in [-0.1, -0.05) is 19.9 Å². The van der Waals surface area contributed by atoms with Gasteiger partial charge in [0.05, 0.1) is 3.57 Å². The molecule has 2 aromatic rings. The first-order chi connectivity index (χ1) is 8.58. The van der Waals surface area contributed by atoms with Crippen molar-refractivity contribution in [3.8, 4) is 11.6 Å². The number of rotatable bonds is 3. The highest BCUT2D eigenvalue weighted by Gasteiger charge is 2.07. The fraction of sp³-hybridized carbons (Fsp3) is 0.286. The van der Waals surface area contributed by atoms with Gasteiger partial charge in [0.15, 0.2) is 0 Å². The molecular formula is C14H15IN2O. The third-order valence-electron chi connectivity index (χ3n) is 2.71. The van der Waals surface area contributed by atoms with Gasteiger partial charge in [0.1, 0.15) is 12.1 Å². The molecule has 0 spiro atoms. The zero-order chi connectivity index (χ0) is 13.1. The summed E-state index contributed by atoms with van der Waals surface area (Å²) in [4.78, 5) is 8.06. The number of halogens is 1. The summed E-state index contributed by atoms with van der Waals surface area (Å²) in [5, 5.41) is 0. The topological polar surface area (TPSA) is 35.0 Å². The van der Waals surface area contributed by atoms with Crippen LogP contribution in [0.4, 0.5) is 0 Å². The van der Waals surface area contributed by atoms with Gasteiger partial charge < -0.3 is 4.74 Å². The minimum absolute atomic E-state index is 0.526. The molecule has 0 atom stereocenters. The van der Waals surface area contributed by atoms with E-state index in [0.29, 0.717) is 11.8 Å². The number of aryl methyl sites for hydroxylation is 1. The molecule has 4 heteroatoms. The van der Waals surface area contributed by atoms with Crippen LogP contribution < -0.4 is 4.74 Å². The number of ether oxygens (including phenoxy) is 1. The maximum absolute atomic E-state index is 5.77. The Morgan fingerprint density at radius 2 is 2.06 bits per heavy atom. The maximum Gasteiger partial charge on any atom is 0.235 e. The third-order valence-corrected chi connectivity index (χ3v) is 3.45. The van der Waals surface area contributed by atoms with Crippen molar-refractivity contribution in [3.63, 3.8) is 0 Å². The molecule has 0 saturated carbocycles. The smallest absolute Gasteiger partial charge is 0.235 e. The first-order valence-corrected chi connectivity index (χ1v) is 6.89. The van der Waals surface area contributed by atoms with E-state index in [9.17, 15) is 0 Å². The molecule has 0 saturated heterocycles. The van der Waals surface area contributed by atoms with E-state index in [-0.39, 0.29) is 0 Å². The van der Waals surface area contributed by atoms with E-state index in [2.05, 4.69) is 59.4 Å². The molecule has 3 nitrogen and oxygen atoms in total. The van der Waals surface area contributed by atoms with Crippen molar-refractivity contribution in [2.45, 2.75) is 26.7 Å². The summed E-state index contributed by atoms with van der Waals surface area (Å²) in [6.07, 6.45) is 3.23. The molecule has 0 bridgehead atoms. The Morgan fingerprint density at radius 1 is 1.28 bits per heavy atom. The van der Waals surface area contributed by atoms with Crippen LogP contribution in [0.1, 0.15) is 30.9 Å². The Balaban J connectivity index is 2.26. The first kappa shape index (κ1) is 13.3. The summed E-state index contributed by atoms with van der Waals surface area (Å²) in [6, 6.07) is 6.15. The molecule has 0 amide bonds. The lowest BCUT2D eigenvalue weighted by atomic mass is 9.98. The van der Waals surface area contributed by atoms with Gasteiger partial charge in [-0.15, -0.1) is 0 Å². The summed E-state index contributed by atoms with van der Waals surface area (Å²) >= 11 is 2.16. The molecule has 1 aromatic heterocycles. The second-order valence-corrected chi connectivity index (χ2v) is 5.61. The Bertz CT molecular complexity index is 555. The average molecular weight is 354 g/mol. The summed E-state index contributed by atoms with van der Waals surface area (Å²) in [5.74, 6) is 1.94. The van der Waals surface area contributed by atoms with Crippen LogP contribution in [-0.2, 0) is 0 Å². The highest BCUT2D eigenvalue weighted by Crippen LogP contribution is 2.27. The Kier molecular flexibility index (Phi) is 4.16. The van der Waals surface area contributed by atoms with Crippen LogP contribution in [0.5, 0.6) is 11.6 Å². The lowest BCUT2D eigenvalue weighted by Gasteiger charge is -2.12. The number of nitrogens with zero attached hydrogens (tertiary/aromatic N) is 2. The van der Waals surface area contributed by atoms with Gasteiger partial charge in [0, 0.05) is 6.20 Å². The largest absolute Gasteiger partial charge is 0.438 e. The van der Waals surface area contributed by atoms with E-state index in [1.54, 1.807) is 6.20 Å². The van der Waals surface area contributed by atoms with Crippen LogP contribution in [0.2, 0.25) is 0 Å². The van der Waals surface area contributed by atoms with Gasteiger partial charge in [-0.2, -0.15) is 0 Å². The lowest BCUT2D eigenvalue weighted by molar-refractivity contribution is 0.457. The van der Waals surface area contributed by atoms with E-state index in [0.717, 1.165) is 9.32 Å². The molecule has 1 heterocycles. The van der Waals surface area contributed by atoms with Crippen LogP contribution in [0, 0.1) is 10.5 Å². The molecule has 0 aliphatic carbocycles. The van der Waals surface area contributed by atoms with Crippen molar-refractivity contribution in [2.24, 2.45) is 0 Å². The zero-order valence-electron chi connectivity index (χ0n) is 10.6. The van der Waals surface area contributed by atoms with Crippen LogP contribution in [-0.4, -0.2) is 9.97 Å². The monoisotopic (exact) mass is 354 g/mol. The standard InChI is InChI=1S/C14H15IN2O/c1-9(2)12-5-4-11(6-10(12)3)18-14-13(15)7-16-8-17-14/h4-9H,1-3H3. The SMILES string of the molecule is Cc1cc(Oc2ncncc2I)ccc1C(C)C. The van der Waals surface area contributed by atoms with E-state index in [4.69, 9.17) is 4.74 Å². The number of benzene rings is 1. The molecule has 0 unspecified atom stereocenters. The molecule has 0 aliphatic rings. The van der Waals surface area contributed by atoms with Crippen LogP contribution in [0.15, 0.2) is 30.7 Å². The second kappa shape index (κ2) is 5.65. The zero-order valence-corrected chi connectivity index (χ0v) is 12.8. The average Bonchev–Trinajstić information content (AvgIpc) is 2.32. The van der Waals surface area contributed by atoms with Crippen LogP contribution >= 0.6 is 22.6 Å². The number of hydrogen-bond acceptors (Lipinski definition) is 3. The molecule has 0 N–H and O–H groups in total. The normalized spacial score (nSPS) is 10.7. The van der Waals surface area contributed by atoms with Crippen molar-refractivity contribution in [2.75, 3.05) is 0 Å². The van der Waals surface area contributed by atoms with E-state index in [1.807, 2.05) is 12.1 Å². The lowest BCUT2D eigenvalue weighted by Crippen LogP contribution is -1.95. The van der Waals surface area contributed by atoms with Gasteiger partial charge in [-0.25, -0.2) is 9.97 Å². The molecule has 18 heavy (non-hydrogen) atoms. The van der Waals surface area contributed by atoms with Gasteiger partial charge in [0.2, 0.25) is 5.88 Å². The molecule has 94 valence electrons. The van der Waals surface area contributed by atoms with Gasteiger partial charge in [0.25, 0.3) is 0 Å². The molecule has 0 radical (unpaired) electrons. The second-order valence-electron chi connectivity index (χ2n) is 4.45. The molecule has 0 fully saturated rings. The predicted molar refractivity (Wildman–Crippen MR) is 80.1 cm³/mol. The van der Waals surface area contributed by atoms with Gasteiger partial charge >= 0.3 is 0 Å². The summed E-state index contributed by atoms with van der Waals surface area (Å²) in [7, 11) is 0. The van der Waals surface area contributed by atoms with Gasteiger partial charge in [-0.3, -0.25) is 0 Å². The van der Waals surface area contributed by atoms with Crippen molar-refractivity contribution < 1.29 is 4.74 Å². The van der Waals surface area contributed by atoms with Crippen LogP contribution in [0.25, 0.3) is 0 Å². The quantitative estimate of drug-likeness (QED) is 0.771. The van der Waals surface area contributed by atoms with Crippen molar-refractivity contribution in [3.05, 3.63) is 45.4 Å². The minimum Gasteiger partial charge on any atom is -0.438 e. The van der Waals surface area contributed by atoms with Crippen molar-refractivity contribution in [1.29, 1.82) is 0 Å². The Labute approximate surface area is 121 Å². The predicted octanol–water partition coefficient (Wildman–Crippen LogP) is 4.31. The van der Waals surface area contributed by atoms with Gasteiger partial charge in [-0.05, 0) is 58.7 Å². The fourth-order valence-electron chi connectivity index (χ4n) is 1.85. The summed E-state index contributed by atoms with van der Waals surface area (Å²) in [6.45, 7) is 6.49. The molecule has 0 aliphatic heterocycles. The Hall–Kier alpha value is -1.17. The maximum atomic E-state index is 5.77. The summed E-state index contributed by atoms with van der Waals surface area (Å²) < 4.78 is 6.67. The Morgan fingerprint density at radius 3 is 2.67 bits per heavy atom. The number of aromatic nitrogens is 2. The van der Waals surface area contributed by atoms with Crippen molar-refractivity contribution >= 4 is 22.6 Å². The van der Waals surface area contributed by atoms with Crippen molar-refractivity contribution in [1.82, 2.24) is 9.97 Å². The molecule has 2 rings (SSSR count). The van der Waals surface area contributed by atoms with E-state index < -0.39 is 0 Å². The minimum atomic E-state index is 0.526. The highest BCUT2D eigenvalue weighted by atomic mass is 127. The van der Waals surface area contributed by atoms with Crippen LogP contribution in [0.3, 0.4) is 0 Å². The molecular weight excluding hydrogens is 339 g/mol.